The number of aromatic carboxylic acids is 1. The lowest BCUT2D eigenvalue weighted by atomic mass is 9.85. The van der Waals surface area contributed by atoms with Gasteiger partial charge in [0.05, 0.1) is 10.5 Å². The van der Waals surface area contributed by atoms with Crippen LogP contribution in [0.2, 0.25) is 0 Å². The number of nitrogens with two attached hydrogens (primary N) is 1. The zero-order valence-corrected chi connectivity index (χ0v) is 15.1. The molecule has 0 bridgehead atoms. The molecule has 6 nitrogen and oxygen atoms in total. The van der Waals surface area contributed by atoms with Crippen LogP contribution in [0.1, 0.15) is 40.7 Å². The van der Waals surface area contributed by atoms with Crippen molar-refractivity contribution in [2.75, 3.05) is 11.9 Å². The van der Waals surface area contributed by atoms with E-state index in [4.69, 9.17) is 5.14 Å². The molecule has 2 aromatic rings. The molecule has 3 rings (SSSR count). The van der Waals surface area contributed by atoms with Crippen molar-refractivity contribution in [2.45, 2.75) is 30.6 Å². The highest BCUT2D eigenvalue weighted by Gasteiger charge is 2.23. The Morgan fingerprint density at radius 1 is 1.19 bits per heavy atom. The molecular formula is C19H22N2O4S. The zero-order chi connectivity index (χ0) is 18.7. The maximum atomic E-state index is 12.1. The molecule has 0 radical (unpaired) electrons. The van der Waals surface area contributed by atoms with Gasteiger partial charge in [-0.25, -0.2) is 18.4 Å². The predicted octanol–water partition coefficient (Wildman–Crippen LogP) is 2.84. The SMILES string of the molecule is NS(=O)(=O)c1cc(C(=O)O)cc(NCC2CCC2)c1Cc1ccccc1. The number of carbonyl (C=O) groups is 1. The van der Waals surface area contributed by atoms with Crippen LogP contribution in [0.5, 0.6) is 0 Å². The van der Waals surface area contributed by atoms with Gasteiger partial charge in [0.2, 0.25) is 10.0 Å². The van der Waals surface area contributed by atoms with Gasteiger partial charge in [-0.05, 0) is 42.0 Å². The Bertz CT molecular complexity index is 907. The van der Waals surface area contributed by atoms with E-state index in [2.05, 4.69) is 5.32 Å². The maximum absolute atomic E-state index is 12.1. The molecule has 2 aromatic carbocycles. The Morgan fingerprint density at radius 3 is 2.42 bits per heavy atom. The molecule has 4 N–H and O–H groups in total. The van der Waals surface area contributed by atoms with Crippen LogP contribution >= 0.6 is 0 Å². The first kappa shape index (κ1) is 18.4. The first-order valence-corrected chi connectivity index (χ1v) is 10.1. The minimum Gasteiger partial charge on any atom is -0.478 e. The van der Waals surface area contributed by atoms with Crippen LogP contribution in [0.25, 0.3) is 0 Å². The van der Waals surface area contributed by atoms with Gasteiger partial charge in [-0.3, -0.25) is 0 Å². The summed E-state index contributed by atoms with van der Waals surface area (Å²) in [4.78, 5) is 11.3. The van der Waals surface area contributed by atoms with Crippen molar-refractivity contribution in [1.82, 2.24) is 0 Å². The summed E-state index contributed by atoms with van der Waals surface area (Å²) in [6.07, 6.45) is 3.80. The third-order valence-electron chi connectivity index (χ3n) is 4.79. The third-order valence-corrected chi connectivity index (χ3v) is 5.77. The van der Waals surface area contributed by atoms with E-state index in [-0.39, 0.29) is 10.5 Å². The lowest BCUT2D eigenvalue weighted by Crippen LogP contribution is -2.23. The van der Waals surface area contributed by atoms with Gasteiger partial charge in [-0.1, -0.05) is 36.8 Å². The van der Waals surface area contributed by atoms with E-state index in [1.54, 1.807) is 0 Å². The summed E-state index contributed by atoms with van der Waals surface area (Å²) in [5, 5.41) is 18.0. The molecule has 0 saturated heterocycles. The summed E-state index contributed by atoms with van der Waals surface area (Å²) in [5.41, 5.74) is 1.85. The topological polar surface area (TPSA) is 109 Å². The van der Waals surface area contributed by atoms with Crippen LogP contribution in [0.4, 0.5) is 5.69 Å². The average molecular weight is 374 g/mol. The molecule has 1 fully saturated rings. The molecule has 0 spiro atoms. The summed E-state index contributed by atoms with van der Waals surface area (Å²) in [6.45, 7) is 0.689. The number of sulfonamides is 1. The van der Waals surface area contributed by atoms with Crippen molar-refractivity contribution in [1.29, 1.82) is 0 Å². The minimum atomic E-state index is -4.07. The number of carboxylic acid groups (broad SMARTS) is 1. The molecule has 26 heavy (non-hydrogen) atoms. The standard InChI is InChI=1S/C19H22N2O4S/c20-26(24,25)18-11-15(19(22)23)10-17(21-12-14-7-4-8-14)16(18)9-13-5-2-1-3-6-13/h1-3,5-6,10-11,14,21H,4,7-9,12H2,(H,22,23)(H2,20,24,25). The first-order chi connectivity index (χ1) is 12.3. The van der Waals surface area contributed by atoms with E-state index in [1.807, 2.05) is 30.3 Å². The Labute approximate surface area is 153 Å². The van der Waals surface area contributed by atoms with Crippen molar-refractivity contribution >= 4 is 21.7 Å². The largest absolute Gasteiger partial charge is 0.478 e. The number of primary sulfonamides is 1. The van der Waals surface area contributed by atoms with Crippen LogP contribution in [0.3, 0.4) is 0 Å². The second-order valence-corrected chi connectivity index (χ2v) is 8.22. The van der Waals surface area contributed by atoms with Gasteiger partial charge < -0.3 is 10.4 Å². The normalized spacial score (nSPS) is 14.7. The molecule has 0 aliphatic heterocycles. The van der Waals surface area contributed by atoms with Gasteiger partial charge in [0.1, 0.15) is 0 Å². The minimum absolute atomic E-state index is 0.0954. The van der Waals surface area contributed by atoms with Gasteiger partial charge in [0, 0.05) is 18.7 Å². The number of anilines is 1. The van der Waals surface area contributed by atoms with Crippen molar-refractivity contribution in [3.8, 4) is 0 Å². The van der Waals surface area contributed by atoms with Gasteiger partial charge in [-0.15, -0.1) is 0 Å². The number of hydrogen-bond donors (Lipinski definition) is 3. The van der Waals surface area contributed by atoms with Crippen LogP contribution in [-0.2, 0) is 16.4 Å². The van der Waals surface area contributed by atoms with E-state index in [0.29, 0.717) is 30.1 Å². The summed E-state index contributed by atoms with van der Waals surface area (Å²) in [5.74, 6) is -0.654. The summed E-state index contributed by atoms with van der Waals surface area (Å²) in [6, 6.07) is 12.1. The molecule has 138 valence electrons. The number of rotatable bonds is 7. The lowest BCUT2D eigenvalue weighted by molar-refractivity contribution is 0.0696. The van der Waals surface area contributed by atoms with Gasteiger partial charge in [0.25, 0.3) is 0 Å². The smallest absolute Gasteiger partial charge is 0.335 e. The lowest BCUT2D eigenvalue weighted by Gasteiger charge is -2.27. The van der Waals surface area contributed by atoms with Crippen molar-refractivity contribution in [2.24, 2.45) is 11.1 Å². The van der Waals surface area contributed by atoms with E-state index < -0.39 is 16.0 Å². The van der Waals surface area contributed by atoms with E-state index in [0.717, 1.165) is 24.5 Å². The average Bonchev–Trinajstić information content (AvgIpc) is 2.54. The molecule has 0 amide bonds. The highest BCUT2D eigenvalue weighted by Crippen LogP contribution is 2.31. The predicted molar refractivity (Wildman–Crippen MR) is 99.9 cm³/mol. The van der Waals surface area contributed by atoms with Crippen LogP contribution in [0.15, 0.2) is 47.4 Å². The Balaban J connectivity index is 2.07. The highest BCUT2D eigenvalue weighted by molar-refractivity contribution is 7.89. The molecule has 7 heteroatoms. The van der Waals surface area contributed by atoms with Gasteiger partial charge in [0.15, 0.2) is 0 Å². The molecular weight excluding hydrogens is 352 g/mol. The molecule has 0 heterocycles. The number of nitrogens with one attached hydrogen (secondary N) is 1. The quantitative estimate of drug-likeness (QED) is 0.690. The molecule has 0 unspecified atom stereocenters. The Kier molecular flexibility index (Phi) is 5.29. The zero-order valence-electron chi connectivity index (χ0n) is 14.3. The fraction of sp³-hybridized carbons (Fsp3) is 0.316. The summed E-state index contributed by atoms with van der Waals surface area (Å²) >= 11 is 0. The first-order valence-electron chi connectivity index (χ1n) is 8.55. The molecule has 0 atom stereocenters. The monoisotopic (exact) mass is 374 g/mol. The maximum Gasteiger partial charge on any atom is 0.335 e. The van der Waals surface area contributed by atoms with Gasteiger partial charge >= 0.3 is 5.97 Å². The van der Waals surface area contributed by atoms with E-state index in [9.17, 15) is 18.3 Å². The third kappa shape index (κ3) is 4.23. The van der Waals surface area contributed by atoms with Crippen LogP contribution in [0, 0.1) is 5.92 Å². The van der Waals surface area contributed by atoms with Crippen molar-refractivity contribution in [3.05, 3.63) is 59.2 Å². The molecule has 0 aromatic heterocycles. The summed E-state index contributed by atoms with van der Waals surface area (Å²) < 4.78 is 24.3. The number of carboxylic acids is 1. The fourth-order valence-corrected chi connectivity index (χ4v) is 3.93. The second-order valence-electron chi connectivity index (χ2n) is 6.69. The highest BCUT2D eigenvalue weighted by atomic mass is 32.2. The van der Waals surface area contributed by atoms with Crippen molar-refractivity contribution in [3.63, 3.8) is 0 Å². The summed E-state index contributed by atoms with van der Waals surface area (Å²) in [7, 11) is -4.07. The fourth-order valence-electron chi connectivity index (χ4n) is 3.11. The Morgan fingerprint density at radius 2 is 1.88 bits per heavy atom. The number of hydrogen-bond acceptors (Lipinski definition) is 4. The molecule has 1 saturated carbocycles. The Hall–Kier alpha value is -2.38. The van der Waals surface area contributed by atoms with Crippen LogP contribution < -0.4 is 10.5 Å². The molecule has 1 aliphatic rings. The second kappa shape index (κ2) is 7.47. The van der Waals surface area contributed by atoms with E-state index >= 15 is 0 Å². The van der Waals surface area contributed by atoms with E-state index in [1.165, 1.54) is 12.5 Å². The molecule has 1 aliphatic carbocycles. The number of benzene rings is 2. The van der Waals surface area contributed by atoms with Crippen LogP contribution in [-0.4, -0.2) is 26.0 Å². The van der Waals surface area contributed by atoms with Gasteiger partial charge in [-0.2, -0.15) is 0 Å². The van der Waals surface area contributed by atoms with Crippen molar-refractivity contribution < 1.29 is 18.3 Å².